The van der Waals surface area contributed by atoms with Gasteiger partial charge in [0.1, 0.15) is 33.8 Å². The summed E-state index contributed by atoms with van der Waals surface area (Å²) in [5.74, 6) is 0.563. The van der Waals surface area contributed by atoms with Crippen molar-refractivity contribution in [3.63, 3.8) is 0 Å². The fourth-order valence-electron chi connectivity index (χ4n) is 3.79. The molecule has 0 saturated heterocycles. The lowest BCUT2D eigenvalue weighted by Crippen LogP contribution is -2.13. The van der Waals surface area contributed by atoms with E-state index in [1.165, 1.54) is 31.4 Å². The molecule has 5 rings (SSSR count). The Kier molecular flexibility index (Phi) is 8.20. The lowest BCUT2D eigenvalue weighted by Gasteiger charge is -2.11. The van der Waals surface area contributed by atoms with E-state index in [0.717, 1.165) is 29.5 Å². The topological polar surface area (TPSA) is 126 Å². The number of hydrogen-bond acceptors (Lipinski definition) is 9. The number of halogens is 3. The summed E-state index contributed by atoms with van der Waals surface area (Å²) in [5, 5.41) is 22.5. The predicted molar refractivity (Wildman–Crippen MR) is 151 cm³/mol. The molecule has 0 spiro atoms. The third-order valence-corrected chi connectivity index (χ3v) is 6.72. The number of carbonyl (C=O) groups is 1. The summed E-state index contributed by atoms with van der Waals surface area (Å²) >= 11 is 1.01. The summed E-state index contributed by atoms with van der Waals surface area (Å²) in [6.07, 6.45) is -4.51. The first-order valence-electron chi connectivity index (χ1n) is 12.3. The number of ether oxygens (including phenoxy) is 3. The molecule has 0 aliphatic rings. The Morgan fingerprint density at radius 1 is 0.860 bits per heavy atom. The number of anilines is 1. The molecule has 0 atom stereocenters. The summed E-state index contributed by atoms with van der Waals surface area (Å²) < 4.78 is 55.7. The maximum Gasteiger partial charge on any atom is 0.416 e. The highest BCUT2D eigenvalue weighted by Gasteiger charge is 2.30. The largest absolute Gasteiger partial charge is 0.497 e. The molecule has 0 aliphatic carbocycles. The van der Waals surface area contributed by atoms with Crippen molar-refractivity contribution in [1.82, 2.24) is 10.2 Å². The Morgan fingerprint density at radius 3 is 2.26 bits per heavy atom. The quantitative estimate of drug-likeness (QED) is 0.132. The zero-order chi connectivity index (χ0) is 30.6. The number of nitro benzene ring substituents is 1. The minimum atomic E-state index is -4.51. The molecule has 1 amide bonds. The molecule has 218 valence electrons. The molecule has 10 nitrogen and oxygen atoms in total. The van der Waals surface area contributed by atoms with E-state index in [4.69, 9.17) is 14.2 Å². The summed E-state index contributed by atoms with van der Waals surface area (Å²) in [6, 6.07) is 21.1. The van der Waals surface area contributed by atoms with Gasteiger partial charge >= 0.3 is 6.18 Å². The average molecular weight is 609 g/mol. The fraction of sp³-hybridized carbons (Fsp3) is 0.0690. The first kappa shape index (κ1) is 29.0. The number of amides is 1. The van der Waals surface area contributed by atoms with Crippen molar-refractivity contribution in [2.75, 3.05) is 12.4 Å². The van der Waals surface area contributed by atoms with E-state index >= 15 is 0 Å². The molecule has 0 bridgehead atoms. The Bertz CT molecular complexity index is 1790. The van der Waals surface area contributed by atoms with Gasteiger partial charge in [0.2, 0.25) is 5.13 Å². The smallest absolute Gasteiger partial charge is 0.416 e. The molecule has 1 aromatic heterocycles. The van der Waals surface area contributed by atoms with Crippen LogP contribution in [0.1, 0.15) is 15.9 Å². The lowest BCUT2D eigenvalue weighted by molar-refractivity contribution is -0.384. The Labute approximate surface area is 245 Å². The van der Waals surface area contributed by atoms with Crippen LogP contribution in [0.15, 0.2) is 91.0 Å². The molecule has 1 N–H and O–H groups in total. The van der Waals surface area contributed by atoms with Crippen molar-refractivity contribution in [2.24, 2.45) is 0 Å². The number of aromatic nitrogens is 2. The molecule has 0 radical (unpaired) electrons. The van der Waals surface area contributed by atoms with E-state index in [2.05, 4.69) is 15.5 Å². The molecule has 5 aromatic rings. The van der Waals surface area contributed by atoms with Crippen molar-refractivity contribution >= 4 is 28.1 Å². The second-order valence-electron chi connectivity index (χ2n) is 8.74. The highest BCUT2D eigenvalue weighted by Crippen LogP contribution is 2.35. The van der Waals surface area contributed by atoms with Gasteiger partial charge in [-0.25, -0.2) is 0 Å². The van der Waals surface area contributed by atoms with E-state index in [1.54, 1.807) is 48.5 Å². The van der Waals surface area contributed by atoms with Gasteiger partial charge < -0.3 is 14.2 Å². The molecule has 14 heteroatoms. The summed E-state index contributed by atoms with van der Waals surface area (Å²) in [4.78, 5) is 23.9. The minimum Gasteiger partial charge on any atom is -0.497 e. The van der Waals surface area contributed by atoms with Crippen LogP contribution in [0.4, 0.5) is 24.0 Å². The number of benzene rings is 4. The van der Waals surface area contributed by atoms with Crippen LogP contribution in [0.25, 0.3) is 10.6 Å². The molecule has 43 heavy (non-hydrogen) atoms. The third kappa shape index (κ3) is 7.05. The number of nitro groups is 1. The lowest BCUT2D eigenvalue weighted by atomic mass is 10.1. The van der Waals surface area contributed by atoms with Crippen LogP contribution >= 0.6 is 11.3 Å². The molecule has 4 aromatic carbocycles. The minimum absolute atomic E-state index is 0.00167. The van der Waals surface area contributed by atoms with Crippen molar-refractivity contribution in [3.05, 3.63) is 112 Å². The van der Waals surface area contributed by atoms with E-state index in [1.807, 2.05) is 0 Å². The second-order valence-corrected chi connectivity index (χ2v) is 9.71. The van der Waals surface area contributed by atoms with Gasteiger partial charge in [0.05, 0.1) is 23.2 Å². The van der Waals surface area contributed by atoms with Crippen LogP contribution in [-0.4, -0.2) is 28.1 Å². The first-order chi connectivity index (χ1) is 20.6. The van der Waals surface area contributed by atoms with Crippen LogP contribution in [0.5, 0.6) is 28.7 Å². The van der Waals surface area contributed by atoms with Gasteiger partial charge in [-0.3, -0.25) is 20.2 Å². The number of carbonyl (C=O) groups excluding carboxylic acids is 1. The Balaban J connectivity index is 1.34. The Hall–Kier alpha value is -5.50. The highest BCUT2D eigenvalue weighted by molar-refractivity contribution is 7.18. The van der Waals surface area contributed by atoms with Gasteiger partial charge in [0, 0.05) is 17.7 Å². The van der Waals surface area contributed by atoms with E-state index in [0.29, 0.717) is 22.1 Å². The van der Waals surface area contributed by atoms with Crippen LogP contribution in [-0.2, 0) is 6.18 Å². The summed E-state index contributed by atoms with van der Waals surface area (Å²) in [5.41, 5.74) is -0.741. The van der Waals surface area contributed by atoms with Crippen molar-refractivity contribution in [1.29, 1.82) is 0 Å². The van der Waals surface area contributed by atoms with Crippen LogP contribution in [0.2, 0.25) is 0 Å². The average Bonchev–Trinajstić information content (AvgIpc) is 3.46. The maximum atomic E-state index is 13.2. The Morgan fingerprint density at radius 2 is 1.56 bits per heavy atom. The first-order valence-corrected chi connectivity index (χ1v) is 13.1. The normalized spacial score (nSPS) is 11.1. The van der Waals surface area contributed by atoms with Gasteiger partial charge in [-0.05, 0) is 60.7 Å². The molecule has 0 fully saturated rings. The molecular weight excluding hydrogens is 589 g/mol. The highest BCUT2D eigenvalue weighted by atomic mass is 32.1. The molecule has 0 aliphatic heterocycles. The van der Waals surface area contributed by atoms with Crippen molar-refractivity contribution < 1.29 is 37.1 Å². The van der Waals surface area contributed by atoms with E-state index in [9.17, 15) is 28.1 Å². The third-order valence-electron chi connectivity index (χ3n) is 5.83. The second kappa shape index (κ2) is 12.2. The fourth-order valence-corrected chi connectivity index (χ4v) is 4.52. The summed E-state index contributed by atoms with van der Waals surface area (Å²) in [7, 11) is 1.51. The van der Waals surface area contributed by atoms with E-state index in [-0.39, 0.29) is 33.6 Å². The summed E-state index contributed by atoms with van der Waals surface area (Å²) in [6.45, 7) is 0. The number of non-ortho nitro benzene ring substituents is 1. The number of rotatable bonds is 9. The monoisotopic (exact) mass is 608 g/mol. The standard InChI is InChI=1S/C29H19F3N4O6S/c1-40-20-9-11-21(12-10-20)42-25-13-8-19(36(38)39)16-24(25)26(37)33-28-35-34-27(43-28)17-4-2-6-22(14-17)41-23-7-3-5-18(15-23)29(30,31)32/h2-16H,1H3,(H,33,35,37). The van der Waals surface area contributed by atoms with Crippen LogP contribution in [0.3, 0.4) is 0 Å². The van der Waals surface area contributed by atoms with Gasteiger partial charge in [-0.1, -0.05) is 29.5 Å². The SMILES string of the molecule is COc1ccc(Oc2ccc([N+](=O)[O-])cc2C(=O)Nc2nnc(-c3cccc(Oc4cccc(C(F)(F)F)c4)c3)s2)cc1. The van der Waals surface area contributed by atoms with Gasteiger partial charge in [0.15, 0.2) is 0 Å². The zero-order valence-electron chi connectivity index (χ0n) is 22.0. The number of nitrogens with one attached hydrogen (secondary N) is 1. The molecular formula is C29H19F3N4O6S. The van der Waals surface area contributed by atoms with Crippen molar-refractivity contribution in [2.45, 2.75) is 6.18 Å². The number of methoxy groups -OCH3 is 1. The number of alkyl halides is 3. The number of nitrogens with zero attached hydrogens (tertiary/aromatic N) is 3. The van der Waals surface area contributed by atoms with Gasteiger partial charge in [-0.15, -0.1) is 10.2 Å². The van der Waals surface area contributed by atoms with Crippen LogP contribution < -0.4 is 19.5 Å². The molecule has 0 unspecified atom stereocenters. The van der Waals surface area contributed by atoms with E-state index < -0.39 is 22.6 Å². The predicted octanol–water partition coefficient (Wildman–Crippen LogP) is 7.98. The number of hydrogen-bond donors (Lipinski definition) is 1. The van der Waals surface area contributed by atoms with Gasteiger partial charge in [0.25, 0.3) is 11.6 Å². The molecule has 1 heterocycles. The van der Waals surface area contributed by atoms with Crippen LogP contribution in [0, 0.1) is 10.1 Å². The van der Waals surface area contributed by atoms with Crippen molar-refractivity contribution in [3.8, 4) is 39.3 Å². The molecule has 0 saturated carbocycles. The zero-order valence-corrected chi connectivity index (χ0v) is 22.8. The van der Waals surface area contributed by atoms with Gasteiger partial charge in [-0.2, -0.15) is 13.2 Å². The maximum absolute atomic E-state index is 13.2.